The topological polar surface area (TPSA) is 21.3 Å². The van der Waals surface area contributed by atoms with Crippen LogP contribution in [0, 0.1) is 11.8 Å². The van der Waals surface area contributed by atoms with E-state index in [2.05, 4.69) is 57.3 Å². The van der Waals surface area contributed by atoms with E-state index < -0.39 is 0 Å². The Hall–Kier alpha value is -1.02. The molecule has 1 saturated carbocycles. The van der Waals surface area contributed by atoms with Gasteiger partial charge in [0.1, 0.15) is 11.9 Å². The molecular weight excluding hydrogens is 258 g/mol. The van der Waals surface area contributed by atoms with Crippen LogP contribution in [0.25, 0.3) is 0 Å². The van der Waals surface area contributed by atoms with Gasteiger partial charge in [-0.05, 0) is 61.8 Å². The second kappa shape index (κ2) is 7.84. The Morgan fingerprint density at radius 1 is 1.10 bits per heavy atom. The molecule has 0 aromatic heterocycles. The lowest BCUT2D eigenvalue weighted by Gasteiger charge is -2.40. The van der Waals surface area contributed by atoms with Crippen LogP contribution >= 0.6 is 0 Å². The average molecular weight is 289 g/mol. The molecule has 2 nitrogen and oxygen atoms in total. The highest BCUT2D eigenvalue weighted by molar-refractivity contribution is 5.27. The van der Waals surface area contributed by atoms with Gasteiger partial charge in [0, 0.05) is 6.04 Å². The van der Waals surface area contributed by atoms with Crippen LogP contribution in [-0.2, 0) is 6.42 Å². The van der Waals surface area contributed by atoms with Gasteiger partial charge < -0.3 is 10.1 Å². The first kappa shape index (κ1) is 16.4. The fraction of sp³-hybridized carbons (Fsp3) is 0.684. The Labute approximate surface area is 130 Å². The summed E-state index contributed by atoms with van der Waals surface area (Å²) in [6.07, 6.45) is 5.04. The number of benzene rings is 1. The van der Waals surface area contributed by atoms with Crippen molar-refractivity contribution in [1.29, 1.82) is 0 Å². The predicted octanol–water partition coefficient (Wildman–Crippen LogP) is 4.43. The molecule has 1 aliphatic rings. The van der Waals surface area contributed by atoms with E-state index in [1.54, 1.807) is 0 Å². The Kier molecular flexibility index (Phi) is 6.10. The summed E-state index contributed by atoms with van der Waals surface area (Å²) in [6, 6.07) is 9.09. The van der Waals surface area contributed by atoms with Crippen LogP contribution in [0.5, 0.6) is 5.75 Å². The van der Waals surface area contributed by atoms with E-state index in [4.69, 9.17) is 4.74 Å². The van der Waals surface area contributed by atoms with Crippen LogP contribution in [0.2, 0.25) is 0 Å². The fourth-order valence-electron chi connectivity index (χ4n) is 3.52. The third-order valence-corrected chi connectivity index (χ3v) is 4.65. The normalized spacial score (nSPS) is 29.3. The molecule has 1 fully saturated rings. The number of ether oxygens (including phenoxy) is 1. The highest BCUT2D eigenvalue weighted by Crippen LogP contribution is 2.32. The first-order chi connectivity index (χ1) is 10.1. The minimum absolute atomic E-state index is 0.292. The van der Waals surface area contributed by atoms with Crippen LogP contribution in [0.15, 0.2) is 24.3 Å². The third-order valence-electron chi connectivity index (χ3n) is 4.65. The number of nitrogens with one attached hydrogen (secondary N) is 1. The molecule has 1 aromatic rings. The Balaban J connectivity index is 2.05. The van der Waals surface area contributed by atoms with E-state index in [1.807, 2.05) is 0 Å². The summed E-state index contributed by atoms with van der Waals surface area (Å²) in [4.78, 5) is 0. The molecule has 4 atom stereocenters. The zero-order valence-corrected chi connectivity index (χ0v) is 14.1. The van der Waals surface area contributed by atoms with Gasteiger partial charge in [-0.1, -0.05) is 39.8 Å². The summed E-state index contributed by atoms with van der Waals surface area (Å²) in [7, 11) is 0. The zero-order chi connectivity index (χ0) is 15.2. The predicted molar refractivity (Wildman–Crippen MR) is 89.9 cm³/mol. The van der Waals surface area contributed by atoms with Gasteiger partial charge in [-0.3, -0.25) is 0 Å². The van der Waals surface area contributed by atoms with Crippen molar-refractivity contribution in [2.45, 2.75) is 65.5 Å². The minimum atomic E-state index is 0.292. The van der Waals surface area contributed by atoms with Crippen LogP contribution in [-0.4, -0.2) is 18.7 Å². The van der Waals surface area contributed by atoms with Gasteiger partial charge in [0.05, 0.1) is 0 Å². The van der Waals surface area contributed by atoms with Crippen molar-refractivity contribution in [3.8, 4) is 5.75 Å². The summed E-state index contributed by atoms with van der Waals surface area (Å²) < 4.78 is 6.36. The summed E-state index contributed by atoms with van der Waals surface area (Å²) in [5.41, 5.74) is 1.37. The van der Waals surface area contributed by atoms with Crippen molar-refractivity contribution < 1.29 is 4.74 Å². The van der Waals surface area contributed by atoms with Crippen LogP contribution in [0.3, 0.4) is 0 Å². The summed E-state index contributed by atoms with van der Waals surface area (Å²) in [5.74, 6) is 2.41. The number of aryl methyl sites for hydroxylation is 1. The second-order valence-corrected chi connectivity index (χ2v) is 6.69. The van der Waals surface area contributed by atoms with Crippen molar-refractivity contribution in [3.05, 3.63) is 29.8 Å². The zero-order valence-electron chi connectivity index (χ0n) is 14.1. The maximum absolute atomic E-state index is 6.36. The summed E-state index contributed by atoms with van der Waals surface area (Å²) in [6.45, 7) is 10.2. The molecule has 0 radical (unpaired) electrons. The van der Waals surface area contributed by atoms with E-state index in [9.17, 15) is 0 Å². The monoisotopic (exact) mass is 289 g/mol. The molecule has 0 spiro atoms. The third kappa shape index (κ3) is 4.47. The van der Waals surface area contributed by atoms with E-state index in [0.717, 1.165) is 24.6 Å². The fourth-order valence-corrected chi connectivity index (χ4v) is 3.52. The Morgan fingerprint density at radius 3 is 2.43 bits per heavy atom. The minimum Gasteiger partial charge on any atom is -0.489 e. The van der Waals surface area contributed by atoms with Crippen LogP contribution < -0.4 is 10.1 Å². The molecule has 0 bridgehead atoms. The second-order valence-electron chi connectivity index (χ2n) is 6.69. The number of rotatable bonds is 6. The summed E-state index contributed by atoms with van der Waals surface area (Å²) >= 11 is 0. The molecule has 0 aliphatic heterocycles. The molecule has 0 amide bonds. The maximum Gasteiger partial charge on any atom is 0.119 e. The van der Waals surface area contributed by atoms with E-state index in [-0.39, 0.29) is 0 Å². The maximum atomic E-state index is 6.36. The molecule has 118 valence electrons. The number of hydrogen-bond acceptors (Lipinski definition) is 2. The van der Waals surface area contributed by atoms with Crippen molar-refractivity contribution in [3.63, 3.8) is 0 Å². The lowest BCUT2D eigenvalue weighted by Crippen LogP contribution is -2.51. The molecule has 21 heavy (non-hydrogen) atoms. The van der Waals surface area contributed by atoms with Crippen molar-refractivity contribution in [2.75, 3.05) is 6.54 Å². The van der Waals surface area contributed by atoms with Gasteiger partial charge in [-0.2, -0.15) is 0 Å². The van der Waals surface area contributed by atoms with Crippen molar-refractivity contribution in [1.82, 2.24) is 5.32 Å². The standard InChI is InChI=1S/C19H31NO/c1-5-11-20-18-13-14(3)12-15(4)19(18)21-17-9-7-16(6-2)8-10-17/h7-10,14-15,18-20H,5-6,11-13H2,1-4H3. The van der Waals surface area contributed by atoms with E-state index in [1.165, 1.54) is 24.8 Å². The lowest BCUT2D eigenvalue weighted by atomic mass is 9.78. The van der Waals surface area contributed by atoms with Gasteiger partial charge in [0.15, 0.2) is 0 Å². The van der Waals surface area contributed by atoms with Gasteiger partial charge in [0.25, 0.3) is 0 Å². The highest BCUT2D eigenvalue weighted by Gasteiger charge is 2.35. The first-order valence-electron chi connectivity index (χ1n) is 8.63. The molecule has 1 aliphatic carbocycles. The van der Waals surface area contributed by atoms with Gasteiger partial charge in [-0.25, -0.2) is 0 Å². The van der Waals surface area contributed by atoms with Crippen LogP contribution in [0.1, 0.15) is 52.5 Å². The molecule has 1 N–H and O–H groups in total. The average Bonchev–Trinajstić information content (AvgIpc) is 2.48. The smallest absolute Gasteiger partial charge is 0.119 e. The van der Waals surface area contributed by atoms with E-state index >= 15 is 0 Å². The first-order valence-corrected chi connectivity index (χ1v) is 8.63. The van der Waals surface area contributed by atoms with E-state index in [0.29, 0.717) is 18.1 Å². The summed E-state index contributed by atoms with van der Waals surface area (Å²) in [5, 5.41) is 3.70. The lowest BCUT2D eigenvalue weighted by molar-refractivity contribution is 0.0477. The molecule has 1 aromatic carbocycles. The van der Waals surface area contributed by atoms with Gasteiger partial charge >= 0.3 is 0 Å². The molecule has 2 heteroatoms. The number of hydrogen-bond donors (Lipinski definition) is 1. The Morgan fingerprint density at radius 2 is 1.81 bits per heavy atom. The molecule has 4 unspecified atom stereocenters. The quantitative estimate of drug-likeness (QED) is 0.836. The molecule has 0 saturated heterocycles. The van der Waals surface area contributed by atoms with Gasteiger partial charge in [-0.15, -0.1) is 0 Å². The Bertz CT molecular complexity index is 414. The molecule has 0 heterocycles. The van der Waals surface area contributed by atoms with Crippen LogP contribution in [0.4, 0.5) is 0 Å². The van der Waals surface area contributed by atoms with Gasteiger partial charge in [0.2, 0.25) is 0 Å². The van der Waals surface area contributed by atoms with Crippen molar-refractivity contribution in [2.24, 2.45) is 11.8 Å². The van der Waals surface area contributed by atoms with Crippen molar-refractivity contribution >= 4 is 0 Å². The highest BCUT2D eigenvalue weighted by atomic mass is 16.5. The molecule has 2 rings (SSSR count). The molecular formula is C19H31NO. The largest absolute Gasteiger partial charge is 0.489 e. The SMILES string of the molecule is CCCNC1CC(C)CC(C)C1Oc1ccc(CC)cc1.